The number of terminal acetylenes is 1. The first kappa shape index (κ1) is 27.0. The molecule has 32 heavy (non-hydrogen) atoms. The van der Waals surface area contributed by atoms with Crippen molar-refractivity contribution in [3.63, 3.8) is 0 Å². The number of alkyl carbamates (subject to hydrolysis) is 1. The highest BCUT2D eigenvalue weighted by molar-refractivity contribution is 5.93. The summed E-state index contributed by atoms with van der Waals surface area (Å²) in [5.41, 5.74) is 1.75. The Bertz CT molecular complexity index is 878. The van der Waals surface area contributed by atoms with Crippen LogP contribution >= 0.6 is 0 Å². The van der Waals surface area contributed by atoms with Gasteiger partial charge in [0, 0.05) is 12.1 Å². The topological polar surface area (TPSA) is 87.7 Å². The summed E-state index contributed by atoms with van der Waals surface area (Å²) in [7, 11) is 0. The fraction of sp³-hybridized carbons (Fsp3) is 0.560. The quantitative estimate of drug-likeness (QED) is 0.495. The molecule has 7 nitrogen and oxygen atoms in total. The van der Waals surface area contributed by atoms with E-state index in [9.17, 15) is 14.4 Å². The molecular formula is C25H37N3O4. The van der Waals surface area contributed by atoms with Gasteiger partial charge in [0.15, 0.2) is 0 Å². The molecule has 2 atom stereocenters. The van der Waals surface area contributed by atoms with Crippen LogP contribution in [-0.2, 0) is 14.3 Å². The van der Waals surface area contributed by atoms with Gasteiger partial charge in [-0.15, -0.1) is 0 Å². The third kappa shape index (κ3) is 7.30. The molecule has 0 aliphatic heterocycles. The van der Waals surface area contributed by atoms with Crippen LogP contribution in [0.25, 0.3) is 0 Å². The first-order chi connectivity index (χ1) is 14.7. The molecule has 2 unspecified atom stereocenters. The van der Waals surface area contributed by atoms with Crippen LogP contribution in [0, 0.1) is 32.2 Å². The van der Waals surface area contributed by atoms with Crippen LogP contribution in [0.15, 0.2) is 18.2 Å². The lowest BCUT2D eigenvalue weighted by Crippen LogP contribution is -2.54. The zero-order valence-corrected chi connectivity index (χ0v) is 20.7. The van der Waals surface area contributed by atoms with Gasteiger partial charge in [0.05, 0.1) is 0 Å². The van der Waals surface area contributed by atoms with E-state index >= 15 is 0 Å². The van der Waals surface area contributed by atoms with E-state index in [0.29, 0.717) is 5.56 Å². The lowest BCUT2D eigenvalue weighted by atomic mass is 9.94. The maximum absolute atomic E-state index is 13.6. The van der Waals surface area contributed by atoms with Gasteiger partial charge in [0.25, 0.3) is 5.91 Å². The minimum atomic E-state index is -1.04. The number of nitrogens with one attached hydrogen (secondary N) is 2. The zero-order chi connectivity index (χ0) is 24.8. The molecule has 176 valence electrons. The number of carbonyl (C=O) groups is 3. The molecule has 1 aromatic rings. The molecule has 0 bridgehead atoms. The molecule has 7 heteroatoms. The van der Waals surface area contributed by atoms with Crippen molar-refractivity contribution in [1.29, 1.82) is 0 Å². The molecule has 0 heterocycles. The van der Waals surface area contributed by atoms with Gasteiger partial charge in [-0.2, -0.15) is 0 Å². The predicted molar refractivity (Wildman–Crippen MR) is 126 cm³/mol. The standard InChI is InChI=1S/C25H37N3O4/c1-11-28(23(30)20(15(2)3)27-24(31)32-25(8,9)10)21(22(29)26-16(4)5)19-14-12-13-17(6)18(19)7/h1,12-16,20-21H,2-10H3,(H,26,29)(H,27,31). The number of rotatable bonds is 7. The molecule has 0 fully saturated rings. The van der Waals surface area contributed by atoms with Crippen molar-refractivity contribution < 1.29 is 19.1 Å². The number of hydrogen-bond donors (Lipinski definition) is 2. The Labute approximate surface area is 192 Å². The minimum absolute atomic E-state index is 0.148. The van der Waals surface area contributed by atoms with Gasteiger partial charge in [0.1, 0.15) is 17.7 Å². The van der Waals surface area contributed by atoms with E-state index in [1.54, 1.807) is 40.7 Å². The van der Waals surface area contributed by atoms with Crippen molar-refractivity contribution in [3.8, 4) is 12.5 Å². The summed E-state index contributed by atoms with van der Waals surface area (Å²) in [5, 5.41) is 5.48. The van der Waals surface area contributed by atoms with Crippen molar-refractivity contribution in [1.82, 2.24) is 15.5 Å². The Hall–Kier alpha value is -3.01. The second-order valence-corrected chi connectivity index (χ2v) is 9.56. The van der Waals surface area contributed by atoms with Crippen LogP contribution in [-0.4, -0.2) is 40.5 Å². The summed E-state index contributed by atoms with van der Waals surface area (Å²) < 4.78 is 5.31. The van der Waals surface area contributed by atoms with E-state index in [4.69, 9.17) is 11.2 Å². The molecule has 1 aromatic carbocycles. The molecular weight excluding hydrogens is 406 g/mol. The molecule has 3 amide bonds. The maximum atomic E-state index is 13.6. The van der Waals surface area contributed by atoms with Crippen molar-refractivity contribution in [2.24, 2.45) is 5.92 Å². The smallest absolute Gasteiger partial charge is 0.408 e. The molecule has 1 rings (SSSR count). The lowest BCUT2D eigenvalue weighted by Gasteiger charge is -2.33. The molecule has 0 saturated heterocycles. The van der Waals surface area contributed by atoms with Crippen molar-refractivity contribution >= 4 is 17.9 Å². The van der Waals surface area contributed by atoms with Gasteiger partial charge in [-0.05, 0) is 71.1 Å². The van der Waals surface area contributed by atoms with Gasteiger partial charge in [0.2, 0.25) is 5.91 Å². The summed E-state index contributed by atoms with van der Waals surface area (Å²) >= 11 is 0. The maximum Gasteiger partial charge on any atom is 0.408 e. The van der Waals surface area contributed by atoms with Gasteiger partial charge >= 0.3 is 6.09 Å². The largest absolute Gasteiger partial charge is 0.444 e. The summed E-state index contributed by atoms with van der Waals surface area (Å²) in [6, 6.07) is 5.77. The number of ether oxygens (including phenoxy) is 1. The third-order valence-electron chi connectivity index (χ3n) is 4.86. The van der Waals surface area contributed by atoms with Crippen molar-refractivity contribution in [2.75, 3.05) is 0 Å². The second kappa shape index (κ2) is 11.0. The highest BCUT2D eigenvalue weighted by Gasteiger charge is 2.38. The Kier molecular flexibility index (Phi) is 9.32. The number of amides is 3. The molecule has 0 saturated carbocycles. The van der Waals surface area contributed by atoms with E-state index in [1.165, 1.54) is 0 Å². The highest BCUT2D eigenvalue weighted by atomic mass is 16.6. The van der Waals surface area contributed by atoms with Crippen LogP contribution in [0.5, 0.6) is 0 Å². The molecule has 0 aliphatic carbocycles. The van der Waals surface area contributed by atoms with Crippen LogP contribution in [0.1, 0.15) is 71.2 Å². The summed E-state index contributed by atoms with van der Waals surface area (Å²) in [6.45, 7) is 16.3. The summed E-state index contributed by atoms with van der Waals surface area (Å²) in [4.78, 5) is 40.2. The number of hydrogen-bond acceptors (Lipinski definition) is 4. The van der Waals surface area contributed by atoms with Crippen LogP contribution in [0.2, 0.25) is 0 Å². The number of aryl methyl sites for hydroxylation is 1. The minimum Gasteiger partial charge on any atom is -0.444 e. The molecule has 0 aromatic heterocycles. The first-order valence-electron chi connectivity index (χ1n) is 10.8. The lowest BCUT2D eigenvalue weighted by molar-refractivity contribution is -0.139. The molecule has 0 spiro atoms. The van der Waals surface area contributed by atoms with E-state index in [0.717, 1.165) is 16.0 Å². The first-order valence-corrected chi connectivity index (χ1v) is 10.8. The second-order valence-electron chi connectivity index (χ2n) is 9.56. The number of nitrogens with zero attached hydrogens (tertiary/aromatic N) is 1. The van der Waals surface area contributed by atoms with E-state index < -0.39 is 29.7 Å². The Balaban J connectivity index is 3.43. The number of carbonyl (C=O) groups excluding carboxylic acids is 3. The van der Waals surface area contributed by atoms with Crippen molar-refractivity contribution in [2.45, 2.75) is 86.0 Å². The number of benzene rings is 1. The monoisotopic (exact) mass is 443 g/mol. The van der Waals surface area contributed by atoms with Crippen LogP contribution in [0.4, 0.5) is 4.79 Å². The van der Waals surface area contributed by atoms with E-state index in [-0.39, 0.29) is 17.9 Å². The Morgan fingerprint density at radius 3 is 2.12 bits per heavy atom. The average Bonchev–Trinajstić information content (AvgIpc) is 2.64. The SMILES string of the molecule is C#CN(C(=O)C(NC(=O)OC(C)(C)C)C(C)C)C(C(=O)NC(C)C)c1cccc(C)c1C. The fourth-order valence-electron chi connectivity index (χ4n) is 3.19. The van der Waals surface area contributed by atoms with Crippen molar-refractivity contribution in [3.05, 3.63) is 34.9 Å². The normalized spacial score (nSPS) is 13.2. The average molecular weight is 444 g/mol. The Morgan fingerprint density at radius 1 is 1.06 bits per heavy atom. The molecule has 0 aliphatic rings. The fourth-order valence-corrected chi connectivity index (χ4v) is 3.19. The van der Waals surface area contributed by atoms with Gasteiger partial charge in [-0.25, -0.2) is 4.79 Å². The summed E-state index contributed by atoms with van der Waals surface area (Å²) in [5.74, 6) is -1.24. The van der Waals surface area contributed by atoms with Gasteiger partial charge in [-0.3, -0.25) is 14.5 Å². The van der Waals surface area contributed by atoms with Gasteiger partial charge < -0.3 is 15.4 Å². The Morgan fingerprint density at radius 2 is 1.66 bits per heavy atom. The highest BCUT2D eigenvalue weighted by Crippen LogP contribution is 2.27. The third-order valence-corrected chi connectivity index (χ3v) is 4.86. The van der Waals surface area contributed by atoms with Crippen LogP contribution in [0.3, 0.4) is 0 Å². The predicted octanol–water partition coefficient (Wildman–Crippen LogP) is 3.84. The summed E-state index contributed by atoms with van der Waals surface area (Å²) in [6.07, 6.45) is 5.04. The van der Waals surface area contributed by atoms with Gasteiger partial charge in [-0.1, -0.05) is 38.5 Å². The van der Waals surface area contributed by atoms with E-state index in [1.807, 2.05) is 39.8 Å². The van der Waals surface area contributed by atoms with Crippen LogP contribution < -0.4 is 10.6 Å². The van der Waals surface area contributed by atoms with E-state index in [2.05, 4.69) is 16.7 Å². The zero-order valence-electron chi connectivity index (χ0n) is 20.7. The molecule has 0 radical (unpaired) electrons. The molecule has 2 N–H and O–H groups in total.